The van der Waals surface area contributed by atoms with Crippen molar-refractivity contribution in [2.24, 2.45) is 0 Å². The van der Waals surface area contributed by atoms with E-state index in [-0.39, 0.29) is 10.8 Å². The third kappa shape index (κ3) is 2.09. The molecule has 1 amide bonds. The number of imidazole rings is 1. The summed E-state index contributed by atoms with van der Waals surface area (Å²) in [6.45, 7) is 0. The third-order valence-corrected chi connectivity index (χ3v) is 2.79. The number of carboxylic acids is 1. The first-order valence-electron chi connectivity index (χ1n) is 4.29. The van der Waals surface area contributed by atoms with Crippen LogP contribution in [0, 0.1) is 0 Å². The highest BCUT2D eigenvalue weighted by Crippen LogP contribution is 2.22. The summed E-state index contributed by atoms with van der Waals surface area (Å²) in [5.41, 5.74) is 0.324. The van der Waals surface area contributed by atoms with Gasteiger partial charge in [0.05, 0.1) is 17.5 Å². The van der Waals surface area contributed by atoms with Crippen LogP contribution in [0.25, 0.3) is 0 Å². The first kappa shape index (κ1) is 10.4. The monoisotopic (exact) mass is 237 g/mol. The van der Waals surface area contributed by atoms with E-state index in [0.717, 1.165) is 11.3 Å². The summed E-state index contributed by atoms with van der Waals surface area (Å²) in [5.74, 6) is -1.36. The number of carboxylic acid groups (broad SMARTS) is 1. The maximum Gasteiger partial charge on any atom is 0.345 e. The lowest BCUT2D eigenvalue weighted by Gasteiger charge is -1.98. The molecule has 0 saturated heterocycles. The van der Waals surface area contributed by atoms with E-state index in [4.69, 9.17) is 5.11 Å². The van der Waals surface area contributed by atoms with E-state index in [0.29, 0.717) is 10.7 Å². The lowest BCUT2D eigenvalue weighted by Crippen LogP contribution is -2.10. The number of hydrogen-bond donors (Lipinski definition) is 3. The number of rotatable bonds is 3. The summed E-state index contributed by atoms with van der Waals surface area (Å²) in [7, 11) is 0. The molecule has 0 atom stereocenters. The Balaban J connectivity index is 2.09. The van der Waals surface area contributed by atoms with Crippen molar-refractivity contribution in [3.63, 3.8) is 0 Å². The van der Waals surface area contributed by atoms with Crippen molar-refractivity contribution in [3.8, 4) is 0 Å². The molecule has 0 radical (unpaired) electrons. The average molecular weight is 237 g/mol. The fourth-order valence-electron chi connectivity index (χ4n) is 1.08. The molecule has 16 heavy (non-hydrogen) atoms. The number of carbonyl (C=O) groups is 2. The molecule has 0 aliphatic heterocycles. The van der Waals surface area contributed by atoms with Gasteiger partial charge in [0.2, 0.25) is 0 Å². The number of nitrogens with zero attached hydrogens (tertiary/aromatic N) is 1. The van der Waals surface area contributed by atoms with Crippen LogP contribution in [0.15, 0.2) is 24.7 Å². The summed E-state index contributed by atoms with van der Waals surface area (Å²) >= 11 is 1.00. The molecule has 7 heteroatoms. The second kappa shape index (κ2) is 4.15. The number of hydrogen-bond acceptors (Lipinski definition) is 4. The van der Waals surface area contributed by atoms with Crippen molar-refractivity contribution < 1.29 is 14.7 Å². The number of amides is 1. The zero-order valence-electron chi connectivity index (χ0n) is 7.93. The van der Waals surface area contributed by atoms with E-state index < -0.39 is 5.97 Å². The van der Waals surface area contributed by atoms with Gasteiger partial charge in [-0.3, -0.25) is 4.79 Å². The van der Waals surface area contributed by atoms with E-state index in [2.05, 4.69) is 15.3 Å². The van der Waals surface area contributed by atoms with Crippen molar-refractivity contribution >= 4 is 28.2 Å². The summed E-state index contributed by atoms with van der Waals surface area (Å²) in [6.07, 6.45) is 2.78. The summed E-state index contributed by atoms with van der Waals surface area (Å²) < 4.78 is 0. The standard InChI is InChI=1S/C9H7N3O3S/c13-8(5-3-10-4-11-5)12-7-2-1-6(16-7)9(14)15/h1-4H,(H,10,11)(H,12,13)(H,14,15). The van der Waals surface area contributed by atoms with Crippen LogP contribution < -0.4 is 5.32 Å². The number of thiophene rings is 1. The van der Waals surface area contributed by atoms with Gasteiger partial charge in [0.15, 0.2) is 0 Å². The number of aromatic amines is 1. The topological polar surface area (TPSA) is 95.1 Å². The summed E-state index contributed by atoms with van der Waals surface area (Å²) in [5, 5.41) is 11.7. The number of aromatic carboxylic acids is 1. The molecule has 2 aromatic heterocycles. The molecular weight excluding hydrogens is 230 g/mol. The van der Waals surface area contributed by atoms with Crippen LogP contribution in [0.5, 0.6) is 0 Å². The third-order valence-electron chi connectivity index (χ3n) is 1.80. The molecule has 2 aromatic rings. The minimum absolute atomic E-state index is 0.180. The van der Waals surface area contributed by atoms with Crippen LogP contribution in [-0.4, -0.2) is 27.0 Å². The van der Waals surface area contributed by atoms with Gasteiger partial charge in [-0.2, -0.15) is 0 Å². The maximum atomic E-state index is 11.5. The molecule has 2 rings (SSSR count). The van der Waals surface area contributed by atoms with Crippen molar-refractivity contribution in [2.45, 2.75) is 0 Å². The Labute approximate surface area is 94.0 Å². The Morgan fingerprint density at radius 2 is 2.25 bits per heavy atom. The first-order chi connectivity index (χ1) is 7.66. The average Bonchev–Trinajstić information content (AvgIpc) is 2.87. The Kier molecular flexibility index (Phi) is 2.69. The van der Waals surface area contributed by atoms with Gasteiger partial charge >= 0.3 is 5.97 Å². The molecule has 2 heterocycles. The SMILES string of the molecule is O=C(Nc1ccc(C(=O)O)s1)c1cnc[nH]1. The van der Waals surface area contributed by atoms with Crippen LogP contribution in [-0.2, 0) is 0 Å². The molecule has 6 nitrogen and oxygen atoms in total. The van der Waals surface area contributed by atoms with Gasteiger partial charge in [0.1, 0.15) is 10.6 Å². The van der Waals surface area contributed by atoms with Gasteiger partial charge < -0.3 is 15.4 Å². The van der Waals surface area contributed by atoms with Crippen LogP contribution in [0.1, 0.15) is 20.2 Å². The molecule has 0 fully saturated rings. The Morgan fingerprint density at radius 1 is 1.44 bits per heavy atom. The molecule has 0 bridgehead atoms. The molecule has 0 unspecified atom stereocenters. The van der Waals surface area contributed by atoms with Gasteiger partial charge in [-0.15, -0.1) is 11.3 Å². The number of aromatic nitrogens is 2. The molecule has 82 valence electrons. The highest BCUT2D eigenvalue weighted by atomic mass is 32.1. The van der Waals surface area contributed by atoms with Crippen LogP contribution >= 0.6 is 11.3 Å². The molecular formula is C9H7N3O3S. The molecule has 0 aromatic carbocycles. The minimum atomic E-state index is -1.01. The summed E-state index contributed by atoms with van der Waals surface area (Å²) in [6, 6.07) is 2.98. The molecule has 0 aliphatic rings. The normalized spacial score (nSPS) is 10.0. The lowest BCUT2D eigenvalue weighted by molar-refractivity contribution is 0.0702. The van der Waals surface area contributed by atoms with Crippen molar-refractivity contribution in [3.05, 3.63) is 35.2 Å². The molecule has 3 N–H and O–H groups in total. The Morgan fingerprint density at radius 3 is 2.81 bits per heavy atom. The Bertz CT molecular complexity index is 518. The molecule has 0 saturated carbocycles. The van der Waals surface area contributed by atoms with Crippen LogP contribution in [0.3, 0.4) is 0 Å². The van der Waals surface area contributed by atoms with E-state index in [1.165, 1.54) is 18.6 Å². The minimum Gasteiger partial charge on any atom is -0.477 e. The van der Waals surface area contributed by atoms with Gasteiger partial charge in [0.25, 0.3) is 5.91 Å². The number of H-pyrrole nitrogens is 1. The number of carbonyl (C=O) groups excluding carboxylic acids is 1. The van der Waals surface area contributed by atoms with Crippen molar-refractivity contribution in [2.75, 3.05) is 5.32 Å². The van der Waals surface area contributed by atoms with E-state index >= 15 is 0 Å². The van der Waals surface area contributed by atoms with E-state index in [1.54, 1.807) is 6.07 Å². The second-order valence-electron chi connectivity index (χ2n) is 2.89. The Hall–Kier alpha value is -2.15. The lowest BCUT2D eigenvalue weighted by atomic mass is 10.4. The van der Waals surface area contributed by atoms with Crippen molar-refractivity contribution in [1.29, 1.82) is 0 Å². The fraction of sp³-hybridized carbons (Fsp3) is 0. The number of anilines is 1. The highest BCUT2D eigenvalue weighted by molar-refractivity contribution is 7.18. The van der Waals surface area contributed by atoms with Gasteiger partial charge in [-0.05, 0) is 12.1 Å². The predicted octanol–water partition coefficient (Wildman–Crippen LogP) is 1.42. The smallest absolute Gasteiger partial charge is 0.345 e. The van der Waals surface area contributed by atoms with Crippen LogP contribution in [0.2, 0.25) is 0 Å². The van der Waals surface area contributed by atoms with Gasteiger partial charge in [-0.1, -0.05) is 0 Å². The van der Waals surface area contributed by atoms with E-state index in [9.17, 15) is 9.59 Å². The quantitative estimate of drug-likeness (QED) is 0.752. The zero-order valence-corrected chi connectivity index (χ0v) is 8.75. The predicted molar refractivity (Wildman–Crippen MR) is 57.8 cm³/mol. The molecule has 0 aliphatic carbocycles. The maximum absolute atomic E-state index is 11.5. The highest BCUT2D eigenvalue weighted by Gasteiger charge is 2.11. The van der Waals surface area contributed by atoms with Gasteiger partial charge in [0, 0.05) is 0 Å². The molecule has 0 spiro atoms. The largest absolute Gasteiger partial charge is 0.477 e. The first-order valence-corrected chi connectivity index (χ1v) is 5.11. The van der Waals surface area contributed by atoms with E-state index in [1.807, 2.05) is 0 Å². The fourth-order valence-corrected chi connectivity index (χ4v) is 1.82. The zero-order chi connectivity index (χ0) is 11.5. The van der Waals surface area contributed by atoms with Crippen molar-refractivity contribution in [1.82, 2.24) is 9.97 Å². The summed E-state index contributed by atoms with van der Waals surface area (Å²) in [4.78, 5) is 28.7. The van der Waals surface area contributed by atoms with Crippen LogP contribution in [0.4, 0.5) is 5.00 Å². The number of nitrogens with one attached hydrogen (secondary N) is 2. The van der Waals surface area contributed by atoms with Gasteiger partial charge in [-0.25, -0.2) is 9.78 Å². The second-order valence-corrected chi connectivity index (χ2v) is 3.97.